The molecule has 1 N–H and O–H groups in total. The van der Waals surface area contributed by atoms with Gasteiger partial charge >= 0.3 is 0 Å². The van der Waals surface area contributed by atoms with Crippen LogP contribution >= 0.6 is 0 Å². The van der Waals surface area contributed by atoms with Gasteiger partial charge in [-0.05, 0) is 43.0 Å². The van der Waals surface area contributed by atoms with Crippen molar-refractivity contribution in [3.63, 3.8) is 0 Å². The van der Waals surface area contributed by atoms with Crippen molar-refractivity contribution in [1.29, 1.82) is 0 Å². The number of aliphatic hydroxyl groups excluding tert-OH is 1. The van der Waals surface area contributed by atoms with Gasteiger partial charge in [-0.2, -0.15) is 4.39 Å². The third-order valence-electron chi connectivity index (χ3n) is 5.48. The summed E-state index contributed by atoms with van der Waals surface area (Å²) in [7, 11) is 0. The van der Waals surface area contributed by atoms with Gasteiger partial charge < -0.3 is 24.1 Å². The number of allylic oxidation sites excluding steroid dienone is 1. The third kappa shape index (κ3) is 6.82. The lowest BCUT2D eigenvalue weighted by molar-refractivity contribution is -0.233. The summed E-state index contributed by atoms with van der Waals surface area (Å²) in [6.07, 6.45) is 1.98. The molecule has 0 aromatic heterocycles. The molecule has 1 fully saturated rings. The van der Waals surface area contributed by atoms with Gasteiger partial charge in [0.1, 0.15) is 11.9 Å². The molecule has 1 unspecified atom stereocenters. The number of hydrogen-bond acceptors (Lipinski definition) is 5. The zero-order chi connectivity index (χ0) is 24.5. The molecule has 0 aliphatic carbocycles. The summed E-state index contributed by atoms with van der Waals surface area (Å²) in [5.74, 6) is -2.81. The smallest absolute Gasteiger partial charge is 0.201 e. The van der Waals surface area contributed by atoms with Crippen LogP contribution in [0.15, 0.2) is 43.0 Å². The number of rotatable bonds is 12. The molecule has 0 bridgehead atoms. The van der Waals surface area contributed by atoms with E-state index in [1.807, 2.05) is 6.92 Å². The molecule has 2 aromatic carbocycles. The summed E-state index contributed by atoms with van der Waals surface area (Å²) in [6, 6.07) is 7.32. The predicted molar refractivity (Wildman–Crippen MR) is 121 cm³/mol. The first kappa shape index (κ1) is 26.2. The molecule has 8 heteroatoms. The molecule has 0 amide bonds. The van der Waals surface area contributed by atoms with Gasteiger partial charge in [0.05, 0.1) is 32.5 Å². The summed E-state index contributed by atoms with van der Waals surface area (Å²) in [5, 5.41) is 9.99. The minimum absolute atomic E-state index is 0.0577. The van der Waals surface area contributed by atoms with Crippen molar-refractivity contribution in [3.8, 4) is 5.75 Å². The molecule has 1 saturated heterocycles. The van der Waals surface area contributed by atoms with E-state index in [-0.39, 0.29) is 43.3 Å². The Balaban J connectivity index is 1.50. The SMILES string of the molecule is C=CCCCOc1ccc(C2OCC(OCc3ccc(C(O)CCC)c(F)c3)CO2)c(F)c1F. The number of halogens is 3. The van der Waals surface area contributed by atoms with Crippen molar-refractivity contribution in [2.45, 2.75) is 57.7 Å². The quantitative estimate of drug-likeness (QED) is 0.302. The van der Waals surface area contributed by atoms with Crippen LogP contribution in [0.25, 0.3) is 0 Å². The predicted octanol–water partition coefficient (Wildman–Crippen LogP) is 5.91. The maximum absolute atomic E-state index is 14.5. The molecule has 1 aliphatic heterocycles. The summed E-state index contributed by atoms with van der Waals surface area (Å²) < 4.78 is 65.3. The van der Waals surface area contributed by atoms with Gasteiger partial charge in [0.25, 0.3) is 0 Å². The third-order valence-corrected chi connectivity index (χ3v) is 5.48. The van der Waals surface area contributed by atoms with Gasteiger partial charge in [0, 0.05) is 11.1 Å². The zero-order valence-corrected chi connectivity index (χ0v) is 19.3. The number of benzene rings is 2. The largest absolute Gasteiger partial charge is 0.490 e. The monoisotopic (exact) mass is 480 g/mol. The average Bonchev–Trinajstić information content (AvgIpc) is 2.83. The highest BCUT2D eigenvalue weighted by Crippen LogP contribution is 2.31. The minimum atomic E-state index is -1.09. The summed E-state index contributed by atoms with van der Waals surface area (Å²) >= 11 is 0. The lowest BCUT2D eigenvalue weighted by Crippen LogP contribution is -2.33. The molecular formula is C26H31F3O5. The number of unbranched alkanes of at least 4 members (excludes halogenated alkanes) is 1. The second-order valence-corrected chi connectivity index (χ2v) is 8.15. The Bertz CT molecular complexity index is 944. The summed E-state index contributed by atoms with van der Waals surface area (Å²) in [4.78, 5) is 0. The van der Waals surface area contributed by atoms with Crippen LogP contribution in [0.4, 0.5) is 13.2 Å². The molecule has 2 aromatic rings. The van der Waals surface area contributed by atoms with Crippen molar-refractivity contribution < 1.29 is 37.2 Å². The Labute approximate surface area is 198 Å². The first-order valence-corrected chi connectivity index (χ1v) is 11.5. The van der Waals surface area contributed by atoms with E-state index in [0.717, 1.165) is 12.8 Å². The fraction of sp³-hybridized carbons (Fsp3) is 0.462. The molecule has 186 valence electrons. The summed E-state index contributed by atoms with van der Waals surface area (Å²) in [5.41, 5.74) is 0.807. The molecule has 3 rings (SSSR count). The van der Waals surface area contributed by atoms with Crippen LogP contribution in [-0.4, -0.2) is 31.0 Å². The Kier molecular flexibility index (Phi) is 9.95. The molecule has 1 heterocycles. The van der Waals surface area contributed by atoms with Crippen LogP contribution in [0.1, 0.15) is 61.7 Å². The number of aliphatic hydroxyl groups is 1. The van der Waals surface area contributed by atoms with Crippen molar-refractivity contribution in [2.75, 3.05) is 19.8 Å². The fourth-order valence-electron chi connectivity index (χ4n) is 3.59. The van der Waals surface area contributed by atoms with E-state index in [1.54, 1.807) is 18.2 Å². The first-order chi connectivity index (χ1) is 16.4. The van der Waals surface area contributed by atoms with E-state index in [2.05, 4.69) is 6.58 Å². The highest BCUT2D eigenvalue weighted by Gasteiger charge is 2.28. The Hall–Kier alpha value is -2.39. The topological polar surface area (TPSA) is 57.2 Å². The normalized spacial score (nSPS) is 19.1. The van der Waals surface area contributed by atoms with Crippen LogP contribution < -0.4 is 4.74 Å². The summed E-state index contributed by atoms with van der Waals surface area (Å²) in [6.45, 7) is 6.09. The van der Waals surface area contributed by atoms with Crippen molar-refractivity contribution in [1.82, 2.24) is 0 Å². The van der Waals surface area contributed by atoms with Crippen LogP contribution in [0.3, 0.4) is 0 Å². The highest BCUT2D eigenvalue weighted by molar-refractivity contribution is 5.32. The van der Waals surface area contributed by atoms with E-state index < -0.39 is 35.9 Å². The maximum Gasteiger partial charge on any atom is 0.201 e. The van der Waals surface area contributed by atoms with Gasteiger partial charge in [0.15, 0.2) is 17.9 Å². The van der Waals surface area contributed by atoms with Crippen LogP contribution in [0.5, 0.6) is 5.75 Å². The Morgan fingerprint density at radius 2 is 1.91 bits per heavy atom. The standard InChI is InChI=1S/C26H31F3O5/c1-3-5-6-12-31-23-11-10-20(24(28)25(23)29)26-33-15-18(16-34-26)32-14-17-8-9-19(21(27)13-17)22(30)7-4-2/h3,8-11,13,18,22,26,30H,1,4-7,12,14-16H2,2H3. The van der Waals surface area contributed by atoms with Gasteiger partial charge in [-0.25, -0.2) is 8.78 Å². The van der Waals surface area contributed by atoms with E-state index in [1.165, 1.54) is 18.2 Å². The molecule has 5 nitrogen and oxygen atoms in total. The Morgan fingerprint density at radius 1 is 1.15 bits per heavy atom. The minimum Gasteiger partial charge on any atom is -0.490 e. The van der Waals surface area contributed by atoms with E-state index in [0.29, 0.717) is 18.4 Å². The Morgan fingerprint density at radius 3 is 2.59 bits per heavy atom. The van der Waals surface area contributed by atoms with E-state index in [4.69, 9.17) is 18.9 Å². The molecule has 0 radical (unpaired) electrons. The second-order valence-electron chi connectivity index (χ2n) is 8.15. The maximum atomic E-state index is 14.5. The number of ether oxygens (including phenoxy) is 4. The lowest BCUT2D eigenvalue weighted by Gasteiger charge is -2.30. The lowest BCUT2D eigenvalue weighted by atomic mass is 10.0. The highest BCUT2D eigenvalue weighted by atomic mass is 19.2. The molecular weight excluding hydrogens is 449 g/mol. The van der Waals surface area contributed by atoms with Crippen LogP contribution in [0, 0.1) is 17.5 Å². The zero-order valence-electron chi connectivity index (χ0n) is 19.3. The van der Waals surface area contributed by atoms with Gasteiger partial charge in [-0.1, -0.05) is 31.6 Å². The molecule has 34 heavy (non-hydrogen) atoms. The van der Waals surface area contributed by atoms with E-state index >= 15 is 0 Å². The van der Waals surface area contributed by atoms with E-state index in [9.17, 15) is 18.3 Å². The molecule has 0 spiro atoms. The van der Waals surface area contributed by atoms with Crippen LogP contribution in [-0.2, 0) is 20.8 Å². The van der Waals surface area contributed by atoms with Gasteiger partial charge in [-0.15, -0.1) is 6.58 Å². The van der Waals surface area contributed by atoms with Gasteiger partial charge in [0.2, 0.25) is 5.82 Å². The second kappa shape index (κ2) is 12.9. The number of hydrogen-bond donors (Lipinski definition) is 1. The van der Waals surface area contributed by atoms with Crippen molar-refractivity contribution in [2.24, 2.45) is 0 Å². The van der Waals surface area contributed by atoms with Gasteiger partial charge in [-0.3, -0.25) is 0 Å². The molecule has 1 aliphatic rings. The van der Waals surface area contributed by atoms with Crippen molar-refractivity contribution in [3.05, 3.63) is 77.1 Å². The average molecular weight is 481 g/mol. The first-order valence-electron chi connectivity index (χ1n) is 11.5. The molecule has 1 atom stereocenters. The fourth-order valence-corrected chi connectivity index (χ4v) is 3.59. The van der Waals surface area contributed by atoms with Crippen molar-refractivity contribution >= 4 is 0 Å². The van der Waals surface area contributed by atoms with Crippen LogP contribution in [0.2, 0.25) is 0 Å². The molecule has 0 saturated carbocycles.